The minimum absolute atomic E-state index is 0.675. The molecule has 0 saturated carbocycles. The quantitative estimate of drug-likeness (QED) is 0.743. The minimum atomic E-state index is 0.675. The van der Waals surface area contributed by atoms with Crippen molar-refractivity contribution in [1.29, 1.82) is 0 Å². The molecule has 0 saturated heterocycles. The van der Waals surface area contributed by atoms with Crippen LogP contribution < -0.4 is 19.5 Å². The van der Waals surface area contributed by atoms with E-state index in [4.69, 9.17) is 14.2 Å². The molecule has 0 heterocycles. The molecule has 1 N–H and O–H groups in total. The van der Waals surface area contributed by atoms with Crippen LogP contribution in [0.4, 0.5) is 0 Å². The van der Waals surface area contributed by atoms with E-state index >= 15 is 0 Å². The van der Waals surface area contributed by atoms with Crippen molar-refractivity contribution in [2.45, 2.75) is 6.54 Å². The summed E-state index contributed by atoms with van der Waals surface area (Å²) in [5.74, 6) is 2.19. The number of ether oxygens (including phenoxy) is 3. The molecular weight excluding hydrogens is 232 g/mol. The summed E-state index contributed by atoms with van der Waals surface area (Å²) in [6.07, 6.45) is 0. The van der Waals surface area contributed by atoms with E-state index in [0.717, 1.165) is 24.5 Å². The Hall–Kier alpha value is -1.46. The van der Waals surface area contributed by atoms with E-state index in [9.17, 15) is 0 Å². The van der Waals surface area contributed by atoms with Gasteiger partial charge >= 0.3 is 0 Å². The molecule has 0 radical (unpaired) electrons. The lowest BCUT2D eigenvalue weighted by molar-refractivity contribution is 0.299. The van der Waals surface area contributed by atoms with E-state index in [0.29, 0.717) is 11.5 Å². The van der Waals surface area contributed by atoms with Gasteiger partial charge in [0.25, 0.3) is 0 Å². The van der Waals surface area contributed by atoms with Crippen molar-refractivity contribution >= 4 is 0 Å². The first-order valence-corrected chi connectivity index (χ1v) is 5.78. The third-order valence-electron chi connectivity index (χ3n) is 2.65. The molecule has 0 atom stereocenters. The lowest BCUT2D eigenvalue weighted by Crippen LogP contribution is -2.28. The van der Waals surface area contributed by atoms with Gasteiger partial charge in [0.15, 0.2) is 11.5 Å². The number of nitrogens with one attached hydrogen (secondary N) is 1. The average Bonchev–Trinajstić information content (AvgIpc) is 2.38. The number of hydrogen-bond donors (Lipinski definition) is 1. The third-order valence-corrected chi connectivity index (χ3v) is 2.65. The van der Waals surface area contributed by atoms with Crippen LogP contribution in [0.1, 0.15) is 5.56 Å². The van der Waals surface area contributed by atoms with Crippen molar-refractivity contribution in [2.75, 3.05) is 42.1 Å². The highest BCUT2D eigenvalue weighted by molar-refractivity contribution is 5.50. The highest BCUT2D eigenvalue weighted by atomic mass is 16.5. The van der Waals surface area contributed by atoms with Gasteiger partial charge in [0, 0.05) is 24.8 Å². The smallest absolute Gasteiger partial charge is 0.164 e. The van der Waals surface area contributed by atoms with Gasteiger partial charge in [0.1, 0.15) is 5.75 Å². The van der Waals surface area contributed by atoms with Gasteiger partial charge in [0.05, 0.1) is 21.3 Å². The molecule has 0 aliphatic carbocycles. The topological polar surface area (TPSA) is 43.0 Å². The fourth-order valence-corrected chi connectivity index (χ4v) is 1.83. The molecule has 102 valence electrons. The summed E-state index contributed by atoms with van der Waals surface area (Å²) < 4.78 is 15.9. The summed E-state index contributed by atoms with van der Waals surface area (Å²) in [4.78, 5) is 2.14. The standard InChI is InChI=1S/C13H22N2O3/c1-14-9-15(2)8-10-6-12(17-4)13(18-5)7-11(10)16-3/h6-7,14H,8-9H2,1-5H3. The number of hydrogen-bond acceptors (Lipinski definition) is 5. The lowest BCUT2D eigenvalue weighted by atomic mass is 10.1. The van der Waals surface area contributed by atoms with Gasteiger partial charge in [-0.15, -0.1) is 0 Å². The summed E-state index contributed by atoms with van der Waals surface area (Å²) in [7, 11) is 8.85. The second-order valence-corrected chi connectivity index (χ2v) is 4.04. The summed E-state index contributed by atoms with van der Waals surface area (Å²) in [5.41, 5.74) is 1.06. The van der Waals surface area contributed by atoms with Crippen LogP contribution >= 0.6 is 0 Å². The van der Waals surface area contributed by atoms with Crippen LogP contribution in [-0.4, -0.2) is 47.0 Å². The number of methoxy groups -OCH3 is 3. The maximum atomic E-state index is 5.38. The zero-order chi connectivity index (χ0) is 13.5. The molecule has 0 fully saturated rings. The number of benzene rings is 1. The molecule has 1 aromatic carbocycles. The number of nitrogens with zero attached hydrogens (tertiary/aromatic N) is 1. The average molecular weight is 254 g/mol. The van der Waals surface area contributed by atoms with Gasteiger partial charge in [-0.3, -0.25) is 4.90 Å². The SMILES string of the molecule is CNCN(C)Cc1cc(OC)c(OC)cc1OC. The number of rotatable bonds is 7. The van der Waals surface area contributed by atoms with E-state index in [2.05, 4.69) is 10.2 Å². The van der Waals surface area contributed by atoms with Gasteiger partial charge in [-0.25, -0.2) is 0 Å². The van der Waals surface area contributed by atoms with E-state index in [1.165, 1.54) is 0 Å². The second kappa shape index (κ2) is 7.08. The first-order chi connectivity index (χ1) is 8.65. The maximum absolute atomic E-state index is 5.38. The Morgan fingerprint density at radius 1 is 1.00 bits per heavy atom. The molecule has 0 unspecified atom stereocenters. The van der Waals surface area contributed by atoms with E-state index in [1.807, 2.05) is 26.2 Å². The summed E-state index contributed by atoms with van der Waals surface area (Å²) >= 11 is 0. The maximum Gasteiger partial charge on any atom is 0.164 e. The van der Waals surface area contributed by atoms with Crippen LogP contribution in [-0.2, 0) is 6.54 Å². The van der Waals surface area contributed by atoms with Gasteiger partial charge in [-0.1, -0.05) is 0 Å². The Morgan fingerprint density at radius 3 is 2.06 bits per heavy atom. The highest BCUT2D eigenvalue weighted by Gasteiger charge is 2.12. The molecule has 5 nitrogen and oxygen atoms in total. The van der Waals surface area contributed by atoms with Crippen LogP contribution in [0.2, 0.25) is 0 Å². The molecule has 0 aliphatic heterocycles. The summed E-state index contributed by atoms with van der Waals surface area (Å²) in [6.45, 7) is 1.57. The predicted octanol–water partition coefficient (Wildman–Crippen LogP) is 1.32. The zero-order valence-corrected chi connectivity index (χ0v) is 11.7. The van der Waals surface area contributed by atoms with E-state index < -0.39 is 0 Å². The third kappa shape index (κ3) is 3.51. The first-order valence-electron chi connectivity index (χ1n) is 5.78. The lowest BCUT2D eigenvalue weighted by Gasteiger charge is -2.19. The van der Waals surface area contributed by atoms with Crippen molar-refractivity contribution in [3.05, 3.63) is 17.7 Å². The molecule has 5 heteroatoms. The largest absolute Gasteiger partial charge is 0.496 e. The Balaban J connectivity index is 3.01. The second-order valence-electron chi connectivity index (χ2n) is 4.04. The van der Waals surface area contributed by atoms with Crippen LogP contribution in [0.25, 0.3) is 0 Å². The summed E-state index contributed by atoms with van der Waals surface area (Å²) in [6, 6.07) is 3.80. The van der Waals surface area contributed by atoms with Crippen molar-refractivity contribution in [1.82, 2.24) is 10.2 Å². The molecule has 1 rings (SSSR count). The Kier molecular flexibility index (Phi) is 5.74. The molecule has 18 heavy (non-hydrogen) atoms. The fraction of sp³-hybridized carbons (Fsp3) is 0.538. The van der Waals surface area contributed by atoms with E-state index in [-0.39, 0.29) is 0 Å². The molecule has 1 aromatic rings. The normalized spacial score (nSPS) is 10.6. The zero-order valence-electron chi connectivity index (χ0n) is 11.7. The molecule has 0 bridgehead atoms. The summed E-state index contributed by atoms with van der Waals surface area (Å²) in [5, 5.41) is 3.11. The predicted molar refractivity (Wildman–Crippen MR) is 71.5 cm³/mol. The molecular formula is C13H22N2O3. The van der Waals surface area contributed by atoms with Crippen molar-refractivity contribution < 1.29 is 14.2 Å². The van der Waals surface area contributed by atoms with E-state index in [1.54, 1.807) is 21.3 Å². The Bertz CT molecular complexity index is 383. The van der Waals surface area contributed by atoms with Gasteiger partial charge in [0.2, 0.25) is 0 Å². The monoisotopic (exact) mass is 254 g/mol. The van der Waals surface area contributed by atoms with Crippen molar-refractivity contribution in [3.8, 4) is 17.2 Å². The highest BCUT2D eigenvalue weighted by Crippen LogP contribution is 2.34. The first kappa shape index (κ1) is 14.6. The molecule has 0 aliphatic rings. The van der Waals surface area contributed by atoms with Crippen LogP contribution in [0, 0.1) is 0 Å². The van der Waals surface area contributed by atoms with Gasteiger partial charge in [-0.05, 0) is 20.2 Å². The van der Waals surface area contributed by atoms with Crippen molar-refractivity contribution in [3.63, 3.8) is 0 Å². The van der Waals surface area contributed by atoms with Crippen LogP contribution in [0.5, 0.6) is 17.2 Å². The Morgan fingerprint density at radius 2 is 1.56 bits per heavy atom. The van der Waals surface area contributed by atoms with Gasteiger partial charge in [-0.2, -0.15) is 0 Å². The molecule has 0 aromatic heterocycles. The Labute approximate surface area is 109 Å². The van der Waals surface area contributed by atoms with Crippen LogP contribution in [0.15, 0.2) is 12.1 Å². The van der Waals surface area contributed by atoms with Crippen LogP contribution in [0.3, 0.4) is 0 Å². The van der Waals surface area contributed by atoms with Crippen molar-refractivity contribution in [2.24, 2.45) is 0 Å². The fourth-order valence-electron chi connectivity index (χ4n) is 1.83. The molecule has 0 spiro atoms. The minimum Gasteiger partial charge on any atom is -0.496 e. The molecule has 0 amide bonds. The van der Waals surface area contributed by atoms with Gasteiger partial charge < -0.3 is 19.5 Å².